The van der Waals surface area contributed by atoms with Crippen molar-refractivity contribution in [1.82, 2.24) is 20.6 Å². The minimum Gasteiger partial charge on any atom is -0.480 e. The third-order valence-electron chi connectivity index (χ3n) is 2.59. The molecule has 0 aliphatic heterocycles. The number of imidazole rings is 1. The summed E-state index contributed by atoms with van der Waals surface area (Å²) in [5.41, 5.74) is 0.662. The zero-order valence-electron chi connectivity index (χ0n) is 11.1. The van der Waals surface area contributed by atoms with Crippen molar-refractivity contribution in [3.63, 3.8) is 0 Å². The van der Waals surface area contributed by atoms with Crippen LogP contribution in [0.5, 0.6) is 0 Å². The Balaban J connectivity index is 2.40. The Morgan fingerprint density at radius 3 is 2.74 bits per heavy atom. The van der Waals surface area contributed by atoms with Crippen molar-refractivity contribution in [2.45, 2.75) is 32.7 Å². The van der Waals surface area contributed by atoms with Crippen molar-refractivity contribution in [3.05, 3.63) is 18.2 Å². The molecule has 0 saturated carbocycles. The molecule has 1 aromatic heterocycles. The molecule has 106 valence electrons. The molecule has 1 rings (SSSR count). The van der Waals surface area contributed by atoms with Crippen molar-refractivity contribution in [2.24, 2.45) is 5.92 Å². The van der Waals surface area contributed by atoms with Crippen molar-refractivity contribution >= 4 is 12.0 Å². The molecule has 0 spiro atoms. The van der Waals surface area contributed by atoms with Gasteiger partial charge in [0.25, 0.3) is 0 Å². The number of aliphatic carboxylic acids is 1. The van der Waals surface area contributed by atoms with Gasteiger partial charge in [-0.3, -0.25) is 0 Å². The summed E-state index contributed by atoms with van der Waals surface area (Å²) in [6, 6.07) is -1.44. The average molecular weight is 268 g/mol. The van der Waals surface area contributed by atoms with E-state index in [1.54, 1.807) is 0 Å². The number of amides is 2. The number of nitrogens with zero attached hydrogens (tertiary/aromatic N) is 1. The molecule has 19 heavy (non-hydrogen) atoms. The van der Waals surface area contributed by atoms with E-state index < -0.39 is 18.0 Å². The first-order valence-electron chi connectivity index (χ1n) is 6.23. The molecule has 0 bridgehead atoms. The van der Waals surface area contributed by atoms with Crippen LogP contribution in [0.15, 0.2) is 12.5 Å². The van der Waals surface area contributed by atoms with Gasteiger partial charge in [0, 0.05) is 24.9 Å². The summed E-state index contributed by atoms with van der Waals surface area (Å²) in [5.74, 6) is -0.589. The maximum Gasteiger partial charge on any atom is 0.326 e. The van der Waals surface area contributed by atoms with Crippen molar-refractivity contribution in [3.8, 4) is 0 Å². The summed E-state index contributed by atoms with van der Waals surface area (Å²) in [4.78, 5) is 29.2. The molecule has 1 unspecified atom stereocenters. The Hall–Kier alpha value is -2.05. The molecular weight excluding hydrogens is 248 g/mol. The van der Waals surface area contributed by atoms with Crippen LogP contribution >= 0.6 is 0 Å². The van der Waals surface area contributed by atoms with Gasteiger partial charge in [0.1, 0.15) is 6.04 Å². The van der Waals surface area contributed by atoms with Gasteiger partial charge in [-0.15, -0.1) is 0 Å². The second-order valence-electron chi connectivity index (χ2n) is 4.75. The van der Waals surface area contributed by atoms with E-state index in [-0.39, 0.29) is 6.42 Å². The van der Waals surface area contributed by atoms with Crippen LogP contribution in [0.1, 0.15) is 26.0 Å². The number of carbonyl (C=O) groups excluding carboxylic acids is 1. The minimum absolute atomic E-state index is 0.174. The van der Waals surface area contributed by atoms with Crippen molar-refractivity contribution < 1.29 is 14.7 Å². The second kappa shape index (κ2) is 7.40. The number of carboxylic acid groups (broad SMARTS) is 1. The molecule has 0 aliphatic rings. The SMILES string of the molecule is CC(C)CCNC(=O)NC(Cc1cnc[nH]1)C(=O)O. The van der Waals surface area contributed by atoms with Crippen LogP contribution in [0.3, 0.4) is 0 Å². The fourth-order valence-electron chi connectivity index (χ4n) is 1.50. The normalized spacial score (nSPS) is 12.2. The molecule has 1 heterocycles. The number of nitrogens with one attached hydrogen (secondary N) is 3. The van der Waals surface area contributed by atoms with Crippen LogP contribution in [0.4, 0.5) is 4.79 Å². The lowest BCUT2D eigenvalue weighted by atomic mass is 10.1. The fourth-order valence-corrected chi connectivity index (χ4v) is 1.50. The second-order valence-corrected chi connectivity index (χ2v) is 4.75. The zero-order valence-corrected chi connectivity index (χ0v) is 11.1. The fraction of sp³-hybridized carbons (Fsp3) is 0.583. The van der Waals surface area contributed by atoms with Crippen LogP contribution in [0, 0.1) is 5.92 Å². The molecule has 1 aromatic rings. The van der Waals surface area contributed by atoms with Crippen LogP contribution in [-0.4, -0.2) is 39.7 Å². The standard InChI is InChI=1S/C12H20N4O3/c1-8(2)3-4-14-12(19)16-10(11(17)18)5-9-6-13-7-15-9/h6-8,10H,3-5H2,1-2H3,(H,13,15)(H,17,18)(H2,14,16,19). The highest BCUT2D eigenvalue weighted by atomic mass is 16.4. The summed E-state index contributed by atoms with van der Waals surface area (Å²) < 4.78 is 0. The number of carbonyl (C=O) groups is 2. The van der Waals surface area contributed by atoms with Gasteiger partial charge < -0.3 is 20.7 Å². The average Bonchev–Trinajstić information content (AvgIpc) is 2.80. The number of rotatable bonds is 7. The molecular formula is C12H20N4O3. The number of aromatic nitrogens is 2. The van der Waals surface area contributed by atoms with Crippen molar-refractivity contribution in [2.75, 3.05) is 6.54 Å². The lowest BCUT2D eigenvalue weighted by Crippen LogP contribution is -2.47. The lowest BCUT2D eigenvalue weighted by Gasteiger charge is -2.14. The number of H-pyrrole nitrogens is 1. The predicted molar refractivity (Wildman–Crippen MR) is 69.7 cm³/mol. The lowest BCUT2D eigenvalue weighted by molar-refractivity contribution is -0.139. The molecule has 0 aromatic carbocycles. The van der Waals surface area contributed by atoms with E-state index in [0.29, 0.717) is 18.2 Å². The molecule has 7 heteroatoms. The monoisotopic (exact) mass is 268 g/mol. The largest absolute Gasteiger partial charge is 0.480 e. The molecule has 0 fully saturated rings. The highest BCUT2D eigenvalue weighted by molar-refractivity contribution is 5.82. The van der Waals surface area contributed by atoms with Crippen LogP contribution < -0.4 is 10.6 Å². The molecule has 0 radical (unpaired) electrons. The summed E-state index contributed by atoms with van der Waals surface area (Å²) in [7, 11) is 0. The van der Waals surface area contributed by atoms with Gasteiger partial charge in [-0.1, -0.05) is 13.8 Å². The first-order chi connectivity index (χ1) is 8.99. The van der Waals surface area contributed by atoms with E-state index in [0.717, 1.165) is 6.42 Å². The van der Waals surface area contributed by atoms with E-state index >= 15 is 0 Å². The third kappa shape index (κ3) is 5.89. The quantitative estimate of drug-likeness (QED) is 0.585. The number of hydrogen-bond acceptors (Lipinski definition) is 3. The van der Waals surface area contributed by atoms with Gasteiger partial charge >= 0.3 is 12.0 Å². The Morgan fingerprint density at radius 1 is 1.47 bits per heavy atom. The minimum atomic E-state index is -1.08. The molecule has 4 N–H and O–H groups in total. The number of urea groups is 1. The van der Waals surface area contributed by atoms with Crippen molar-refractivity contribution in [1.29, 1.82) is 0 Å². The zero-order chi connectivity index (χ0) is 14.3. The van der Waals surface area contributed by atoms with Crippen LogP contribution in [0.2, 0.25) is 0 Å². The summed E-state index contributed by atoms with van der Waals surface area (Å²) in [5, 5.41) is 14.1. The van der Waals surface area contributed by atoms with E-state index in [1.165, 1.54) is 12.5 Å². The van der Waals surface area contributed by atoms with Gasteiger partial charge in [-0.05, 0) is 12.3 Å². The van der Waals surface area contributed by atoms with Crippen LogP contribution in [0.25, 0.3) is 0 Å². The maximum absolute atomic E-state index is 11.6. The van der Waals surface area contributed by atoms with Gasteiger partial charge in [0.15, 0.2) is 0 Å². The Kier molecular flexibility index (Phi) is 5.84. The van der Waals surface area contributed by atoms with E-state index in [4.69, 9.17) is 5.11 Å². The molecule has 0 aliphatic carbocycles. The highest BCUT2D eigenvalue weighted by Crippen LogP contribution is 1.99. The molecule has 7 nitrogen and oxygen atoms in total. The van der Waals surface area contributed by atoms with Gasteiger partial charge in [0.2, 0.25) is 0 Å². The Bertz CT molecular complexity index is 403. The molecule has 1 atom stereocenters. The van der Waals surface area contributed by atoms with E-state index in [2.05, 4.69) is 34.4 Å². The summed E-state index contributed by atoms with van der Waals surface area (Å²) in [6.45, 7) is 4.63. The number of hydrogen-bond donors (Lipinski definition) is 4. The van der Waals surface area contributed by atoms with E-state index in [1.807, 2.05) is 0 Å². The number of aromatic amines is 1. The van der Waals surface area contributed by atoms with E-state index in [9.17, 15) is 9.59 Å². The van der Waals surface area contributed by atoms with Crippen LogP contribution in [-0.2, 0) is 11.2 Å². The van der Waals surface area contributed by atoms with Gasteiger partial charge in [0.05, 0.1) is 6.33 Å². The predicted octanol–water partition coefficient (Wildman–Crippen LogP) is 0.751. The molecule has 2 amide bonds. The smallest absolute Gasteiger partial charge is 0.326 e. The topological polar surface area (TPSA) is 107 Å². The number of carboxylic acids is 1. The van der Waals surface area contributed by atoms with Gasteiger partial charge in [-0.2, -0.15) is 0 Å². The third-order valence-corrected chi connectivity index (χ3v) is 2.59. The van der Waals surface area contributed by atoms with Gasteiger partial charge in [-0.25, -0.2) is 14.6 Å². The molecule has 0 saturated heterocycles. The summed E-state index contributed by atoms with van der Waals surface area (Å²) in [6.07, 6.45) is 4.03. The highest BCUT2D eigenvalue weighted by Gasteiger charge is 2.20. The maximum atomic E-state index is 11.6. The Morgan fingerprint density at radius 2 is 2.21 bits per heavy atom. The Labute approximate surface area is 111 Å². The first kappa shape index (κ1) is 15.0. The first-order valence-corrected chi connectivity index (χ1v) is 6.23. The summed E-state index contributed by atoms with van der Waals surface area (Å²) >= 11 is 0.